The van der Waals surface area contributed by atoms with Crippen LogP contribution in [-0.2, 0) is 14.8 Å². The summed E-state index contributed by atoms with van der Waals surface area (Å²) in [7, 11) is -3.85. The number of carbonyl (C=O) groups is 1. The largest absolute Gasteiger partial charge is 0.449 e. The van der Waals surface area contributed by atoms with Gasteiger partial charge >= 0.3 is 5.97 Å². The van der Waals surface area contributed by atoms with Crippen molar-refractivity contribution in [1.29, 1.82) is 0 Å². The highest BCUT2D eigenvalue weighted by Gasteiger charge is 2.27. The van der Waals surface area contributed by atoms with Crippen LogP contribution in [0.25, 0.3) is 0 Å². The molecule has 168 valence electrons. The zero-order valence-corrected chi connectivity index (χ0v) is 20.0. The minimum absolute atomic E-state index is 0.0470. The van der Waals surface area contributed by atoms with E-state index in [2.05, 4.69) is 0 Å². The van der Waals surface area contributed by atoms with E-state index in [1.54, 1.807) is 38.1 Å². The highest BCUT2D eigenvalue weighted by Crippen LogP contribution is 2.30. The van der Waals surface area contributed by atoms with Gasteiger partial charge in [0.2, 0.25) is 10.0 Å². The normalized spacial score (nSPS) is 12.5. The third kappa shape index (κ3) is 5.33. The molecule has 3 aromatic rings. The standard InChI is InChI=1S/C24H23Cl2NO4S/c1-3-27(4-2)32(29,30)22-16-19(12-15-21(22)26)24(28)31-23(17-8-6-5-7-9-17)18-10-13-20(25)14-11-18/h5-16,23H,3-4H2,1-2H3. The van der Waals surface area contributed by atoms with Gasteiger partial charge in [-0.1, -0.05) is 79.5 Å². The van der Waals surface area contributed by atoms with Crippen LogP contribution in [0.15, 0.2) is 77.7 Å². The van der Waals surface area contributed by atoms with Gasteiger partial charge in [0.1, 0.15) is 4.90 Å². The number of hydrogen-bond acceptors (Lipinski definition) is 4. The topological polar surface area (TPSA) is 63.7 Å². The summed E-state index contributed by atoms with van der Waals surface area (Å²) in [6, 6.07) is 20.4. The van der Waals surface area contributed by atoms with Crippen LogP contribution >= 0.6 is 23.2 Å². The zero-order chi connectivity index (χ0) is 23.3. The van der Waals surface area contributed by atoms with E-state index in [0.29, 0.717) is 5.02 Å². The van der Waals surface area contributed by atoms with E-state index in [-0.39, 0.29) is 28.6 Å². The van der Waals surface area contributed by atoms with E-state index < -0.39 is 22.1 Å². The van der Waals surface area contributed by atoms with Crippen LogP contribution in [0.2, 0.25) is 10.0 Å². The molecule has 3 aromatic carbocycles. The van der Waals surface area contributed by atoms with Crippen LogP contribution in [-0.4, -0.2) is 31.8 Å². The van der Waals surface area contributed by atoms with Crippen molar-refractivity contribution in [3.63, 3.8) is 0 Å². The van der Waals surface area contributed by atoms with Crippen molar-refractivity contribution in [3.8, 4) is 0 Å². The van der Waals surface area contributed by atoms with E-state index in [1.165, 1.54) is 22.5 Å². The van der Waals surface area contributed by atoms with Gasteiger partial charge in [0.25, 0.3) is 0 Å². The molecular formula is C24H23Cl2NO4S. The number of nitrogens with zero attached hydrogens (tertiary/aromatic N) is 1. The van der Waals surface area contributed by atoms with Gasteiger partial charge in [-0.05, 0) is 41.5 Å². The highest BCUT2D eigenvalue weighted by atomic mass is 35.5. The lowest BCUT2D eigenvalue weighted by Gasteiger charge is -2.21. The Balaban J connectivity index is 1.98. The molecule has 0 N–H and O–H groups in total. The van der Waals surface area contributed by atoms with Gasteiger partial charge in [0, 0.05) is 18.1 Å². The SMILES string of the molecule is CCN(CC)S(=O)(=O)c1cc(C(=O)OC(c2ccccc2)c2ccc(Cl)cc2)ccc1Cl. The van der Waals surface area contributed by atoms with Crippen LogP contribution in [0.4, 0.5) is 0 Å². The molecule has 0 amide bonds. The van der Waals surface area contributed by atoms with Crippen LogP contribution < -0.4 is 0 Å². The molecule has 0 radical (unpaired) electrons. The monoisotopic (exact) mass is 491 g/mol. The average Bonchev–Trinajstić information content (AvgIpc) is 2.79. The van der Waals surface area contributed by atoms with Crippen molar-refractivity contribution in [1.82, 2.24) is 4.31 Å². The smallest absolute Gasteiger partial charge is 0.339 e. The first-order valence-electron chi connectivity index (χ1n) is 10.1. The maximum Gasteiger partial charge on any atom is 0.339 e. The van der Waals surface area contributed by atoms with E-state index in [4.69, 9.17) is 27.9 Å². The molecule has 0 aromatic heterocycles. The lowest BCUT2D eigenvalue weighted by Crippen LogP contribution is -2.31. The predicted molar refractivity (Wildman–Crippen MR) is 127 cm³/mol. The second kappa shape index (κ2) is 10.5. The van der Waals surface area contributed by atoms with Gasteiger partial charge in [-0.3, -0.25) is 0 Å². The van der Waals surface area contributed by atoms with Crippen LogP contribution in [0.5, 0.6) is 0 Å². The van der Waals surface area contributed by atoms with E-state index in [0.717, 1.165) is 11.1 Å². The van der Waals surface area contributed by atoms with Crippen molar-refractivity contribution >= 4 is 39.2 Å². The third-order valence-electron chi connectivity index (χ3n) is 4.99. The van der Waals surface area contributed by atoms with Crippen LogP contribution in [0, 0.1) is 0 Å². The summed E-state index contributed by atoms with van der Waals surface area (Å²) in [5.74, 6) is -0.665. The lowest BCUT2D eigenvalue weighted by molar-refractivity contribution is 0.0378. The number of hydrogen-bond donors (Lipinski definition) is 0. The fraction of sp³-hybridized carbons (Fsp3) is 0.208. The Morgan fingerprint density at radius 3 is 2.09 bits per heavy atom. The number of carbonyl (C=O) groups excluding carboxylic acids is 1. The molecule has 32 heavy (non-hydrogen) atoms. The Morgan fingerprint density at radius 2 is 1.50 bits per heavy atom. The van der Waals surface area contributed by atoms with Crippen molar-refractivity contribution in [2.24, 2.45) is 0 Å². The molecule has 0 spiro atoms. The van der Waals surface area contributed by atoms with Crippen molar-refractivity contribution in [2.75, 3.05) is 13.1 Å². The predicted octanol–water partition coefficient (Wildman–Crippen LogP) is 5.97. The summed E-state index contributed by atoms with van der Waals surface area (Å²) in [5.41, 5.74) is 1.60. The van der Waals surface area contributed by atoms with Crippen molar-refractivity contribution in [2.45, 2.75) is 24.8 Å². The molecular weight excluding hydrogens is 469 g/mol. The maximum atomic E-state index is 13.1. The fourth-order valence-corrected chi connectivity index (χ4v) is 5.38. The Labute approximate surface area is 198 Å². The minimum Gasteiger partial charge on any atom is -0.449 e. The third-order valence-corrected chi connectivity index (χ3v) is 7.77. The summed E-state index contributed by atoms with van der Waals surface area (Å²) < 4.78 is 33.0. The molecule has 8 heteroatoms. The van der Waals surface area contributed by atoms with Crippen LogP contribution in [0.3, 0.4) is 0 Å². The molecule has 5 nitrogen and oxygen atoms in total. The lowest BCUT2D eigenvalue weighted by atomic mass is 10.0. The summed E-state index contributed by atoms with van der Waals surface area (Å²) >= 11 is 12.2. The molecule has 1 atom stereocenters. The first-order chi connectivity index (χ1) is 15.3. The summed E-state index contributed by atoms with van der Waals surface area (Å²) in [6.45, 7) is 4.06. The first-order valence-corrected chi connectivity index (χ1v) is 12.3. The molecule has 0 aliphatic rings. The average molecular weight is 492 g/mol. The summed E-state index contributed by atoms with van der Waals surface area (Å²) in [5, 5.41) is 0.613. The van der Waals surface area contributed by atoms with Gasteiger partial charge in [0.15, 0.2) is 6.10 Å². The second-order valence-electron chi connectivity index (χ2n) is 6.98. The molecule has 0 saturated heterocycles. The Hall–Kier alpha value is -2.38. The summed E-state index contributed by atoms with van der Waals surface area (Å²) in [6.07, 6.45) is -0.695. The number of sulfonamides is 1. The van der Waals surface area contributed by atoms with E-state index in [9.17, 15) is 13.2 Å². The minimum atomic E-state index is -3.85. The Bertz CT molecular complexity index is 1180. The van der Waals surface area contributed by atoms with Gasteiger partial charge < -0.3 is 4.74 Å². The zero-order valence-electron chi connectivity index (χ0n) is 17.7. The molecule has 0 saturated carbocycles. The van der Waals surface area contributed by atoms with Gasteiger partial charge in [0.05, 0.1) is 10.6 Å². The number of esters is 1. The number of rotatable bonds is 8. The first kappa shape index (κ1) is 24.3. The highest BCUT2D eigenvalue weighted by molar-refractivity contribution is 7.89. The maximum absolute atomic E-state index is 13.1. The van der Waals surface area contributed by atoms with Gasteiger partial charge in [-0.25, -0.2) is 13.2 Å². The molecule has 0 bridgehead atoms. The molecule has 1 unspecified atom stereocenters. The van der Waals surface area contributed by atoms with Gasteiger partial charge in [-0.2, -0.15) is 4.31 Å². The quantitative estimate of drug-likeness (QED) is 0.364. The molecule has 0 heterocycles. The Morgan fingerprint density at radius 1 is 0.906 bits per heavy atom. The van der Waals surface area contributed by atoms with Gasteiger partial charge in [-0.15, -0.1) is 0 Å². The summed E-state index contributed by atoms with van der Waals surface area (Å²) in [4.78, 5) is 12.9. The second-order valence-corrected chi connectivity index (χ2v) is 9.73. The number of halogens is 2. The van der Waals surface area contributed by atoms with E-state index >= 15 is 0 Å². The van der Waals surface area contributed by atoms with E-state index in [1.807, 2.05) is 30.3 Å². The van der Waals surface area contributed by atoms with Crippen molar-refractivity contribution < 1.29 is 17.9 Å². The molecule has 3 rings (SSSR count). The molecule has 0 aliphatic carbocycles. The molecule has 0 aliphatic heterocycles. The number of benzene rings is 3. The molecule has 0 fully saturated rings. The number of ether oxygens (including phenoxy) is 1. The fourth-order valence-electron chi connectivity index (χ4n) is 3.30. The van der Waals surface area contributed by atoms with Crippen molar-refractivity contribution in [3.05, 3.63) is 99.5 Å². The van der Waals surface area contributed by atoms with Crippen LogP contribution in [0.1, 0.15) is 41.4 Å². The Kier molecular flexibility index (Phi) is 7.96.